The number of hydrogen-bond acceptors (Lipinski definition) is 8. The average molecular weight is 532 g/mol. The maximum atomic E-state index is 13.2. The van der Waals surface area contributed by atoms with Crippen LogP contribution in [0.25, 0.3) is 0 Å². The average Bonchev–Trinajstić information content (AvgIpc) is 3.25. The summed E-state index contributed by atoms with van der Waals surface area (Å²) in [5.41, 5.74) is -2.76. The van der Waals surface area contributed by atoms with Crippen LogP contribution < -0.4 is 15.8 Å². The normalized spacial score (nSPS) is 15.8. The van der Waals surface area contributed by atoms with Crippen molar-refractivity contribution in [2.24, 2.45) is 0 Å². The smallest absolute Gasteiger partial charge is 0.378 e. The number of halogens is 6. The lowest BCUT2D eigenvalue weighted by Gasteiger charge is -2.27. The van der Waals surface area contributed by atoms with Crippen molar-refractivity contribution in [1.82, 2.24) is 29.9 Å². The van der Waals surface area contributed by atoms with E-state index in [1.54, 1.807) is 34.6 Å². The molecule has 0 spiro atoms. The summed E-state index contributed by atoms with van der Waals surface area (Å²) < 4.78 is 85.5. The van der Waals surface area contributed by atoms with Crippen LogP contribution in [0.5, 0.6) is 0 Å². The Hall–Kier alpha value is -3.69. The molecule has 0 amide bonds. The number of nitrogens with zero attached hydrogens (tertiary/aromatic N) is 6. The molecule has 200 valence electrons. The van der Waals surface area contributed by atoms with E-state index in [0.29, 0.717) is 25.3 Å². The molecule has 0 fully saturated rings. The molecular formula is C21H22F6N8O2. The molecule has 16 heteroatoms. The Balaban J connectivity index is 1.36. The van der Waals surface area contributed by atoms with Gasteiger partial charge in [-0.25, -0.2) is 15.1 Å². The minimum absolute atomic E-state index is 0.00102. The van der Waals surface area contributed by atoms with Crippen LogP contribution in [0, 0.1) is 0 Å². The van der Waals surface area contributed by atoms with Crippen molar-refractivity contribution >= 4 is 11.6 Å². The monoisotopic (exact) mass is 532 g/mol. The summed E-state index contributed by atoms with van der Waals surface area (Å²) in [6, 6.07) is 1.18. The summed E-state index contributed by atoms with van der Waals surface area (Å²) in [4.78, 5) is 21.0. The fourth-order valence-electron chi connectivity index (χ4n) is 3.76. The lowest BCUT2D eigenvalue weighted by Crippen LogP contribution is -2.35. The number of anilines is 2. The first-order valence-corrected chi connectivity index (χ1v) is 11.1. The van der Waals surface area contributed by atoms with Gasteiger partial charge in [0.1, 0.15) is 5.56 Å². The molecule has 2 N–H and O–H groups in total. The Labute approximate surface area is 205 Å². The van der Waals surface area contributed by atoms with Gasteiger partial charge in [-0.1, -0.05) is 0 Å². The second kappa shape index (κ2) is 9.99. The zero-order chi connectivity index (χ0) is 27.0. The Morgan fingerprint density at radius 1 is 1.08 bits per heavy atom. The number of nitrogens with one attached hydrogen (secondary N) is 2. The second-order valence-electron chi connectivity index (χ2n) is 8.48. The first-order valence-electron chi connectivity index (χ1n) is 11.1. The lowest BCUT2D eigenvalue weighted by molar-refractivity contribution is -0.139. The molecular weight excluding hydrogens is 510 g/mol. The summed E-state index contributed by atoms with van der Waals surface area (Å²) >= 11 is 0. The zero-order valence-corrected chi connectivity index (χ0v) is 19.6. The van der Waals surface area contributed by atoms with E-state index in [9.17, 15) is 31.1 Å². The minimum Gasteiger partial charge on any atom is -0.378 e. The highest BCUT2D eigenvalue weighted by Crippen LogP contribution is 2.32. The van der Waals surface area contributed by atoms with E-state index in [4.69, 9.17) is 4.74 Å². The van der Waals surface area contributed by atoms with Crippen LogP contribution in [0.1, 0.15) is 42.5 Å². The molecule has 3 aromatic heterocycles. The highest BCUT2D eigenvalue weighted by atomic mass is 19.4. The third-order valence-electron chi connectivity index (χ3n) is 5.62. The molecule has 1 aliphatic rings. The summed E-state index contributed by atoms with van der Waals surface area (Å²) in [6.07, 6.45) is -7.53. The molecule has 4 rings (SSSR count). The Kier molecular flexibility index (Phi) is 7.12. The number of H-pyrrole nitrogens is 1. The van der Waals surface area contributed by atoms with E-state index < -0.39 is 46.9 Å². The summed E-state index contributed by atoms with van der Waals surface area (Å²) in [7, 11) is 0. The lowest BCUT2D eigenvalue weighted by atomic mass is 10.2. The van der Waals surface area contributed by atoms with Crippen LogP contribution in [0.4, 0.5) is 38.0 Å². The van der Waals surface area contributed by atoms with E-state index in [1.807, 2.05) is 0 Å². The largest absolute Gasteiger partial charge is 0.423 e. The Bertz CT molecular complexity index is 1290. The van der Waals surface area contributed by atoms with Gasteiger partial charge in [0.15, 0.2) is 0 Å². The Morgan fingerprint density at radius 2 is 1.78 bits per heavy atom. The van der Waals surface area contributed by atoms with Gasteiger partial charge < -0.3 is 15.0 Å². The van der Waals surface area contributed by atoms with Gasteiger partial charge in [-0.3, -0.25) is 9.48 Å². The Morgan fingerprint density at radius 3 is 2.43 bits per heavy atom. The predicted molar refractivity (Wildman–Crippen MR) is 118 cm³/mol. The number of alkyl halides is 6. The van der Waals surface area contributed by atoms with Gasteiger partial charge in [0.25, 0.3) is 5.56 Å². The van der Waals surface area contributed by atoms with Crippen LogP contribution in [-0.4, -0.2) is 49.1 Å². The maximum absolute atomic E-state index is 13.2. The van der Waals surface area contributed by atoms with Crippen molar-refractivity contribution in [3.8, 4) is 0 Å². The van der Waals surface area contributed by atoms with Gasteiger partial charge in [-0.05, 0) is 19.9 Å². The molecule has 3 aromatic rings. The second-order valence-corrected chi connectivity index (χ2v) is 8.48. The van der Waals surface area contributed by atoms with Crippen LogP contribution in [0.2, 0.25) is 0 Å². The van der Waals surface area contributed by atoms with Crippen molar-refractivity contribution in [1.29, 1.82) is 0 Å². The number of aromatic amines is 1. The molecule has 4 heterocycles. The first-order chi connectivity index (χ1) is 17.3. The van der Waals surface area contributed by atoms with Crippen LogP contribution >= 0.6 is 0 Å². The minimum atomic E-state index is -4.86. The van der Waals surface area contributed by atoms with Gasteiger partial charge >= 0.3 is 12.4 Å². The van der Waals surface area contributed by atoms with Gasteiger partial charge in [-0.15, -0.1) is 0 Å². The zero-order valence-electron chi connectivity index (χ0n) is 19.6. The summed E-state index contributed by atoms with van der Waals surface area (Å²) in [6.45, 7) is 4.52. The number of rotatable bonds is 7. The summed E-state index contributed by atoms with van der Waals surface area (Å²) in [5, 5.41) is 12.3. The SMILES string of the molecule is CC(OC[C@H](C)Nc1cn[nH]c(=O)c1C(F)(F)F)c1cc2n(n1)CCN(c1ncc(C(F)(F)F)cn1)C2. The van der Waals surface area contributed by atoms with E-state index in [-0.39, 0.29) is 12.6 Å². The van der Waals surface area contributed by atoms with Crippen LogP contribution in [0.3, 0.4) is 0 Å². The summed E-state index contributed by atoms with van der Waals surface area (Å²) in [5.74, 6) is 0.165. The predicted octanol–water partition coefficient (Wildman–Crippen LogP) is 3.39. The van der Waals surface area contributed by atoms with Crippen LogP contribution in [-0.2, 0) is 30.2 Å². The van der Waals surface area contributed by atoms with E-state index in [2.05, 4.69) is 25.5 Å². The number of hydrogen-bond donors (Lipinski definition) is 2. The van der Waals surface area contributed by atoms with E-state index in [0.717, 1.165) is 24.3 Å². The van der Waals surface area contributed by atoms with Crippen molar-refractivity contribution < 1.29 is 31.1 Å². The number of fused-ring (bicyclic) bond motifs is 1. The topological polar surface area (TPSA) is 114 Å². The molecule has 2 atom stereocenters. The molecule has 0 radical (unpaired) electrons. The van der Waals surface area contributed by atoms with E-state index in [1.165, 1.54) is 0 Å². The highest BCUT2D eigenvalue weighted by Gasteiger charge is 2.37. The molecule has 0 aromatic carbocycles. The molecule has 1 unspecified atom stereocenters. The van der Waals surface area contributed by atoms with Gasteiger partial charge in [-0.2, -0.15) is 36.5 Å². The third-order valence-corrected chi connectivity index (χ3v) is 5.62. The fourth-order valence-corrected chi connectivity index (χ4v) is 3.76. The van der Waals surface area contributed by atoms with Crippen LogP contribution in [0.15, 0.2) is 29.5 Å². The van der Waals surface area contributed by atoms with Crippen molar-refractivity contribution in [3.63, 3.8) is 0 Å². The molecule has 0 saturated heterocycles. The molecule has 37 heavy (non-hydrogen) atoms. The molecule has 0 saturated carbocycles. The molecule has 10 nitrogen and oxygen atoms in total. The number of ether oxygens (including phenoxy) is 1. The van der Waals surface area contributed by atoms with E-state index >= 15 is 0 Å². The first kappa shape index (κ1) is 26.4. The van der Waals surface area contributed by atoms with Gasteiger partial charge in [0.2, 0.25) is 5.95 Å². The standard InChI is InChI=1S/C21H22F6N8O2/c1-11(31-16-8-30-32-18(36)17(16)21(25,26)27)10-37-12(2)15-5-14-9-34(3-4-35(14)33-15)19-28-6-13(7-29-19)20(22,23)24/h5-8,11-12H,3-4,9-10H2,1-2H3,(H2,31,32,36)/t11-,12?/m0/s1. The van der Waals surface area contributed by atoms with Gasteiger partial charge in [0, 0.05) is 25.0 Å². The van der Waals surface area contributed by atoms with Crippen molar-refractivity contribution in [2.75, 3.05) is 23.4 Å². The molecule has 1 aliphatic heterocycles. The highest BCUT2D eigenvalue weighted by molar-refractivity contribution is 5.50. The molecule has 0 aliphatic carbocycles. The molecule has 0 bridgehead atoms. The quantitative estimate of drug-likeness (QED) is 0.446. The van der Waals surface area contributed by atoms with Crippen molar-refractivity contribution in [2.45, 2.75) is 51.4 Å². The van der Waals surface area contributed by atoms with Gasteiger partial charge in [0.05, 0.1) is 54.6 Å². The number of aromatic nitrogens is 6. The fraction of sp³-hybridized carbons (Fsp3) is 0.476. The van der Waals surface area contributed by atoms with Crippen molar-refractivity contribution in [3.05, 3.63) is 57.5 Å². The maximum Gasteiger partial charge on any atom is 0.423 e. The third kappa shape index (κ3) is 6.00.